The first-order chi connectivity index (χ1) is 34.0. The Hall–Kier alpha value is -6.06. The maximum atomic E-state index is 14.2. The van der Waals surface area contributed by atoms with Crippen molar-refractivity contribution in [1.82, 2.24) is 0 Å². The highest BCUT2D eigenvalue weighted by molar-refractivity contribution is 7.82. The van der Waals surface area contributed by atoms with Crippen LogP contribution in [0.4, 0.5) is 105 Å². The molecule has 7 rings (SSSR count). The van der Waals surface area contributed by atoms with Crippen molar-refractivity contribution >= 4 is 62.2 Å². The third kappa shape index (κ3) is 12.8. The summed E-state index contributed by atoms with van der Waals surface area (Å²) in [5.74, 6) is 0. The van der Waals surface area contributed by atoms with Crippen LogP contribution in [0.15, 0.2) is 126 Å². The van der Waals surface area contributed by atoms with Gasteiger partial charge >= 0.3 is 49.4 Å². The van der Waals surface area contributed by atoms with Crippen molar-refractivity contribution in [3.05, 3.63) is 177 Å². The molecule has 0 aliphatic rings. The van der Waals surface area contributed by atoms with Gasteiger partial charge in [-0.15, -0.1) is 0 Å². The molecule has 402 valence electrons. The van der Waals surface area contributed by atoms with Gasteiger partial charge in [0.25, 0.3) is 4.34 Å². The molecule has 1 nitrogen and oxygen atoms in total. The molecule has 0 bridgehead atoms. The number of hydrogen-bond donors (Lipinski definition) is 1. The Morgan fingerprint density at radius 1 is 0.373 bits per heavy atom. The highest BCUT2D eigenvalue weighted by Crippen LogP contribution is 2.41. The van der Waals surface area contributed by atoms with Crippen molar-refractivity contribution in [2.45, 2.75) is 67.2 Å². The van der Waals surface area contributed by atoms with E-state index in [-0.39, 0.29) is 0 Å². The topological polar surface area (TPSA) is 3.88 Å². The van der Waals surface area contributed by atoms with E-state index in [9.17, 15) is 105 Å². The molecular formula is C47H26BF24NS2. The summed E-state index contributed by atoms with van der Waals surface area (Å²) in [4.78, 5) is 0. The molecule has 28 heteroatoms. The van der Waals surface area contributed by atoms with Gasteiger partial charge in [-0.25, -0.2) is 0 Å². The average Bonchev–Trinajstić information content (AvgIpc) is 3.59. The predicted molar refractivity (Wildman–Crippen MR) is 230 cm³/mol. The predicted octanol–water partition coefficient (Wildman–Crippen LogP) is 15.0. The first-order valence-electron chi connectivity index (χ1n) is 20.5. The molecule has 0 radical (unpaired) electrons. The number of thiol groups is 1. The number of aromatic nitrogens is 1. The number of alkyl halides is 24. The van der Waals surface area contributed by atoms with Gasteiger partial charge in [0.2, 0.25) is 5.52 Å². The van der Waals surface area contributed by atoms with Crippen molar-refractivity contribution in [2.75, 3.05) is 0 Å². The van der Waals surface area contributed by atoms with Gasteiger partial charge in [-0.1, -0.05) is 115 Å². The van der Waals surface area contributed by atoms with E-state index in [2.05, 4.69) is 66.6 Å². The lowest BCUT2D eigenvalue weighted by molar-refractivity contribution is -0.693. The van der Waals surface area contributed by atoms with Crippen LogP contribution in [0.5, 0.6) is 0 Å². The van der Waals surface area contributed by atoms with Crippen molar-refractivity contribution < 1.29 is 110 Å². The van der Waals surface area contributed by atoms with Crippen LogP contribution in [0.1, 0.15) is 55.6 Å². The molecule has 0 aliphatic carbocycles. The first kappa shape index (κ1) is 58.2. The summed E-state index contributed by atoms with van der Waals surface area (Å²) < 4.78 is 345. The van der Waals surface area contributed by atoms with Crippen LogP contribution < -0.4 is 26.4 Å². The van der Waals surface area contributed by atoms with E-state index in [1.165, 1.54) is 21.3 Å². The maximum Gasteiger partial charge on any atom is 0.416 e. The highest BCUT2D eigenvalue weighted by Gasteiger charge is 2.47. The van der Waals surface area contributed by atoms with E-state index >= 15 is 0 Å². The summed E-state index contributed by atoms with van der Waals surface area (Å²) in [7, 11) is 0. The fraction of sp³-hybridized carbons (Fsp3) is 0.213. The van der Waals surface area contributed by atoms with Crippen LogP contribution in [-0.2, 0) is 56.0 Å². The molecular weight excluding hydrogens is 1110 g/mol. The number of aryl methyl sites for hydroxylation is 1. The molecule has 1 heterocycles. The van der Waals surface area contributed by atoms with Gasteiger partial charge in [0, 0.05) is 11.1 Å². The van der Waals surface area contributed by atoms with E-state index in [1.807, 2.05) is 6.07 Å². The third-order valence-corrected chi connectivity index (χ3v) is 13.0. The minimum absolute atomic E-state index is 0.691. The summed E-state index contributed by atoms with van der Waals surface area (Å²) in [6, 6.07) is 8.13. The van der Waals surface area contributed by atoms with Crippen molar-refractivity contribution in [2.24, 2.45) is 0 Å². The van der Waals surface area contributed by atoms with Crippen LogP contribution in [0.2, 0.25) is 0 Å². The van der Waals surface area contributed by atoms with Gasteiger partial charge in [-0.05, 0) is 37.3 Å². The van der Waals surface area contributed by atoms with E-state index in [0.717, 1.165) is 10.9 Å². The summed E-state index contributed by atoms with van der Waals surface area (Å²) >= 11 is 6.35. The second-order valence-corrected chi connectivity index (χ2v) is 18.4. The standard InChI is InChI=1S/C32H12BF24.C15H13NS2/c34-25(35,36)13-1-14(26(37,38)39)6-21(5-13)33(22-7-15(27(40,41)42)2-16(8-22)28(43,44)45,23-9-17(29(46,47)48)3-18(10-23)30(49,50)51)24-11-19(31(52,53)54)4-20(12-24)32(55,56)57;1-11-6-5-9-13-14(11)16(15(17)18-13)10-12-7-3-2-4-8-12/h1-12H;2-9H,10H2,1H3/q-1;/p+1. The number of rotatable bonds is 6. The molecule has 0 saturated heterocycles. The zero-order valence-electron chi connectivity index (χ0n) is 36.7. The van der Waals surface area contributed by atoms with Crippen LogP contribution in [-0.4, -0.2) is 6.15 Å². The smallest absolute Gasteiger partial charge is 0.194 e. The molecule has 0 N–H and O–H groups in total. The van der Waals surface area contributed by atoms with Crippen molar-refractivity contribution in [3.8, 4) is 0 Å². The van der Waals surface area contributed by atoms with Crippen LogP contribution in [0.3, 0.4) is 0 Å². The molecule has 75 heavy (non-hydrogen) atoms. The van der Waals surface area contributed by atoms with Crippen molar-refractivity contribution in [3.63, 3.8) is 0 Å². The summed E-state index contributed by atoms with van der Waals surface area (Å²) in [5, 5.41) is 0. The molecule has 6 aromatic carbocycles. The highest BCUT2D eigenvalue weighted by atomic mass is 32.2. The lowest BCUT2D eigenvalue weighted by atomic mass is 9.12. The number of benzene rings is 6. The molecule has 0 spiro atoms. The molecule has 0 aliphatic heterocycles. The van der Waals surface area contributed by atoms with Gasteiger partial charge in [0.1, 0.15) is 10.8 Å². The second-order valence-electron chi connectivity index (χ2n) is 16.6. The number of para-hydroxylation sites is 1. The normalized spacial score (nSPS) is 13.5. The molecule has 0 amide bonds. The van der Waals surface area contributed by atoms with Gasteiger partial charge < -0.3 is 0 Å². The SMILES string of the molecule is Cc1cccc2sc(S)[n+](Cc3ccccc3)c12.FC(F)(F)c1cc([B-](c2cc(C(F)(F)F)cc(C(F)(F)F)c2)(c2cc(C(F)(F)F)cc(C(F)(F)F)c2)c2cc(C(F)(F)F)cc(C(F)(F)F)c2)cc(C(F)(F)F)c1. The lowest BCUT2D eigenvalue weighted by Crippen LogP contribution is -2.75. The lowest BCUT2D eigenvalue weighted by Gasteiger charge is -2.46. The minimum Gasteiger partial charge on any atom is -0.194 e. The van der Waals surface area contributed by atoms with Crippen LogP contribution in [0.25, 0.3) is 10.2 Å². The summed E-state index contributed by atoms with van der Waals surface area (Å²) in [5.41, 5.74) is -26.3. The largest absolute Gasteiger partial charge is 0.416 e. The molecule has 0 atom stereocenters. The van der Waals surface area contributed by atoms with E-state index in [4.69, 9.17) is 0 Å². The van der Waals surface area contributed by atoms with E-state index < -0.39 is 195 Å². The first-order valence-corrected chi connectivity index (χ1v) is 21.8. The van der Waals surface area contributed by atoms with Gasteiger partial charge in [0.15, 0.2) is 6.54 Å². The molecule has 0 unspecified atom stereocenters. The quantitative estimate of drug-likeness (QED) is 0.0732. The van der Waals surface area contributed by atoms with Gasteiger partial charge in [0.05, 0.1) is 44.5 Å². The van der Waals surface area contributed by atoms with E-state index in [0.29, 0.717) is 0 Å². The maximum absolute atomic E-state index is 14.2. The molecule has 0 saturated carbocycles. The fourth-order valence-corrected chi connectivity index (χ4v) is 9.74. The van der Waals surface area contributed by atoms with Gasteiger partial charge in [-0.2, -0.15) is 132 Å². The Bertz CT molecular complexity index is 2770. The Labute approximate surface area is 415 Å². The number of nitrogens with zero attached hydrogens (tertiary/aromatic N) is 1. The fourth-order valence-electron chi connectivity index (χ4n) is 8.29. The number of halogens is 24. The average molecular weight is 1140 g/mol. The number of fused-ring (bicyclic) bond motifs is 1. The minimum atomic E-state index is -6.13. The zero-order chi connectivity index (χ0) is 56.4. The van der Waals surface area contributed by atoms with Crippen LogP contribution >= 0.6 is 24.0 Å². The summed E-state index contributed by atoms with van der Waals surface area (Å²) in [6.45, 7) is 3.04. The Morgan fingerprint density at radius 2 is 0.640 bits per heavy atom. The van der Waals surface area contributed by atoms with E-state index in [1.54, 1.807) is 11.3 Å². The second kappa shape index (κ2) is 19.8. The number of thiazole rings is 1. The molecule has 7 aromatic rings. The Morgan fingerprint density at radius 3 is 0.893 bits per heavy atom. The monoisotopic (exact) mass is 1140 g/mol. The number of hydrogen-bond acceptors (Lipinski definition) is 2. The van der Waals surface area contributed by atoms with Crippen molar-refractivity contribution in [1.29, 1.82) is 0 Å². The Balaban J connectivity index is 0.000000421. The molecule has 1 aromatic heterocycles. The van der Waals surface area contributed by atoms with Gasteiger partial charge in [-0.3, -0.25) is 0 Å². The molecule has 0 fully saturated rings. The zero-order valence-corrected chi connectivity index (χ0v) is 38.4. The Kier molecular flexibility index (Phi) is 15.4. The summed E-state index contributed by atoms with van der Waals surface area (Å²) in [6.07, 6.45) is -54.8. The third-order valence-electron chi connectivity index (χ3n) is 11.5. The van der Waals surface area contributed by atoms with Crippen LogP contribution in [0, 0.1) is 6.92 Å².